The molecule has 3 rings (SSSR count). The minimum atomic E-state index is -2.53. The third-order valence-electron chi connectivity index (χ3n) is 7.58. The first kappa shape index (κ1) is 27.7. The molecule has 196 valence electrons. The van der Waals surface area contributed by atoms with E-state index in [-0.39, 0.29) is 48.0 Å². The maximum atomic E-state index is 13.5. The van der Waals surface area contributed by atoms with Crippen molar-refractivity contribution >= 4 is 34.7 Å². The molecule has 2 fully saturated rings. The van der Waals surface area contributed by atoms with E-state index >= 15 is 0 Å². The summed E-state index contributed by atoms with van der Waals surface area (Å²) in [6.07, 6.45) is -0.478. The van der Waals surface area contributed by atoms with E-state index in [0.29, 0.717) is 29.4 Å². The second-order valence-electron chi connectivity index (χ2n) is 9.83. The number of ketones is 2. The van der Waals surface area contributed by atoms with Gasteiger partial charge in [-0.2, -0.15) is 0 Å². The van der Waals surface area contributed by atoms with Gasteiger partial charge in [-0.25, -0.2) is 0 Å². The van der Waals surface area contributed by atoms with Gasteiger partial charge in [-0.05, 0) is 49.3 Å². The van der Waals surface area contributed by atoms with Gasteiger partial charge in [0.1, 0.15) is 5.75 Å². The predicted octanol–water partition coefficient (Wildman–Crippen LogP) is 0.137. The van der Waals surface area contributed by atoms with E-state index in [0.717, 1.165) is 5.56 Å². The standard InChI is InChI=1S/C25H33N3O7S/c1-4-13-5-14(9-28-12(3)30)20(32)11(2)16(13)8-24(27)7-15-6-18(31)19(23(26)36)22(34)25(15,35)21(33)17(24)10-29/h5,10,15,18-19,29,31-32,35H,4,6-9,27H2,1-3H3,(H2,26,36)(H,28,30)/t15-,18?,19?,24+,25+/m1/s1. The summed E-state index contributed by atoms with van der Waals surface area (Å²) in [6.45, 7) is 5.09. The summed E-state index contributed by atoms with van der Waals surface area (Å²) in [5.74, 6) is -4.76. The Morgan fingerprint density at radius 3 is 2.50 bits per heavy atom. The van der Waals surface area contributed by atoms with Gasteiger partial charge in [-0.1, -0.05) is 25.2 Å². The van der Waals surface area contributed by atoms with E-state index in [1.54, 1.807) is 13.0 Å². The van der Waals surface area contributed by atoms with Crippen molar-refractivity contribution in [1.82, 2.24) is 5.32 Å². The number of nitrogens with two attached hydrogens (primary N) is 2. The number of aliphatic hydroxyl groups excluding tert-OH is 2. The van der Waals surface area contributed by atoms with Crippen molar-refractivity contribution in [2.75, 3.05) is 0 Å². The van der Waals surface area contributed by atoms with Crippen LogP contribution in [0.5, 0.6) is 5.75 Å². The second-order valence-corrected chi connectivity index (χ2v) is 10.3. The van der Waals surface area contributed by atoms with Gasteiger partial charge in [-0.15, -0.1) is 0 Å². The number of Topliss-reactive ketones (excluding diaryl/α,β-unsaturated/α-hetero) is 2. The van der Waals surface area contributed by atoms with Crippen LogP contribution < -0.4 is 16.8 Å². The van der Waals surface area contributed by atoms with Crippen LogP contribution in [0.2, 0.25) is 0 Å². The molecule has 2 aliphatic carbocycles. The Balaban J connectivity index is 2.06. The molecule has 1 aromatic rings. The Bertz CT molecular complexity index is 1170. The van der Waals surface area contributed by atoms with Gasteiger partial charge in [0, 0.05) is 24.9 Å². The Hall–Kier alpha value is -2.86. The second kappa shape index (κ2) is 9.89. The highest BCUT2D eigenvalue weighted by Gasteiger charge is 2.64. The highest BCUT2D eigenvalue weighted by atomic mass is 32.1. The molecule has 0 aromatic heterocycles. The third-order valence-corrected chi connectivity index (χ3v) is 7.84. The summed E-state index contributed by atoms with van der Waals surface area (Å²) >= 11 is 4.88. The lowest BCUT2D eigenvalue weighted by Crippen LogP contribution is -2.70. The highest BCUT2D eigenvalue weighted by Crippen LogP contribution is 2.48. The lowest BCUT2D eigenvalue weighted by atomic mass is 9.55. The number of hydrogen-bond donors (Lipinski definition) is 7. The summed E-state index contributed by atoms with van der Waals surface area (Å²) < 4.78 is 0. The molecule has 0 spiro atoms. The number of thiocarbonyl (C=S) groups is 1. The van der Waals surface area contributed by atoms with Crippen molar-refractivity contribution in [1.29, 1.82) is 0 Å². The first-order valence-corrected chi connectivity index (χ1v) is 12.1. The van der Waals surface area contributed by atoms with Gasteiger partial charge in [-0.3, -0.25) is 14.4 Å². The average molecular weight is 520 g/mol. The van der Waals surface area contributed by atoms with Crippen LogP contribution in [0, 0.1) is 18.8 Å². The van der Waals surface area contributed by atoms with Gasteiger partial charge in [0.05, 0.1) is 34.4 Å². The minimum Gasteiger partial charge on any atom is -0.515 e. The van der Waals surface area contributed by atoms with Crippen LogP contribution in [-0.2, 0) is 33.8 Å². The fourth-order valence-corrected chi connectivity index (χ4v) is 5.88. The number of amides is 1. The number of nitrogens with one attached hydrogen (secondary N) is 1. The summed E-state index contributed by atoms with van der Waals surface area (Å²) in [5, 5.41) is 45.3. The zero-order chi connectivity index (χ0) is 27.2. The first-order chi connectivity index (χ1) is 16.7. The van der Waals surface area contributed by atoms with Crippen LogP contribution in [0.1, 0.15) is 48.9 Å². The first-order valence-electron chi connectivity index (χ1n) is 11.7. The van der Waals surface area contributed by atoms with Crippen LogP contribution in [0.15, 0.2) is 17.9 Å². The molecule has 0 bridgehead atoms. The monoisotopic (exact) mass is 519 g/mol. The van der Waals surface area contributed by atoms with Gasteiger partial charge < -0.3 is 37.2 Å². The summed E-state index contributed by atoms with van der Waals surface area (Å²) in [4.78, 5) is 37.6. The topological polar surface area (TPSA) is 196 Å². The molecule has 0 heterocycles. The van der Waals surface area contributed by atoms with Crippen LogP contribution >= 0.6 is 12.2 Å². The van der Waals surface area contributed by atoms with E-state index in [1.807, 2.05) is 6.92 Å². The molecule has 36 heavy (non-hydrogen) atoms. The van der Waals surface area contributed by atoms with Crippen molar-refractivity contribution in [3.63, 3.8) is 0 Å². The number of hydrogen-bond acceptors (Lipinski definition) is 9. The molecule has 2 aliphatic rings. The number of carbonyl (C=O) groups excluding carboxylic acids is 3. The number of aliphatic hydroxyl groups is 3. The van der Waals surface area contributed by atoms with E-state index in [9.17, 15) is 34.8 Å². The van der Waals surface area contributed by atoms with Crippen molar-refractivity contribution in [3.8, 4) is 5.75 Å². The largest absolute Gasteiger partial charge is 0.515 e. The highest BCUT2D eigenvalue weighted by molar-refractivity contribution is 7.80. The number of aromatic hydroxyl groups is 1. The molecule has 1 aromatic carbocycles. The van der Waals surface area contributed by atoms with Crippen LogP contribution in [-0.4, -0.2) is 60.1 Å². The quantitative estimate of drug-likeness (QED) is 0.117. The average Bonchev–Trinajstić information content (AvgIpc) is 2.79. The molecular weight excluding hydrogens is 486 g/mol. The number of fused-ring (bicyclic) bond motifs is 1. The van der Waals surface area contributed by atoms with Gasteiger partial charge in [0.25, 0.3) is 0 Å². The normalized spacial score (nSPS) is 31.3. The van der Waals surface area contributed by atoms with Crippen LogP contribution in [0.25, 0.3) is 0 Å². The molecule has 5 atom stereocenters. The predicted molar refractivity (Wildman–Crippen MR) is 135 cm³/mol. The van der Waals surface area contributed by atoms with Gasteiger partial charge >= 0.3 is 0 Å². The molecule has 2 saturated carbocycles. The Morgan fingerprint density at radius 1 is 1.33 bits per heavy atom. The molecule has 11 heteroatoms. The van der Waals surface area contributed by atoms with Gasteiger partial charge in [0.2, 0.25) is 11.7 Å². The maximum absolute atomic E-state index is 13.5. The fourth-order valence-electron chi connectivity index (χ4n) is 5.62. The summed E-state index contributed by atoms with van der Waals surface area (Å²) in [6, 6.07) is 1.75. The lowest BCUT2D eigenvalue weighted by molar-refractivity contribution is -0.170. The summed E-state index contributed by atoms with van der Waals surface area (Å²) in [5.41, 5.74) is 10.4. The summed E-state index contributed by atoms with van der Waals surface area (Å²) in [7, 11) is 0. The van der Waals surface area contributed by atoms with E-state index < -0.39 is 40.6 Å². The Kier molecular flexibility index (Phi) is 7.62. The Morgan fingerprint density at radius 2 is 1.97 bits per heavy atom. The molecule has 0 aliphatic heterocycles. The van der Waals surface area contributed by atoms with Crippen LogP contribution in [0.4, 0.5) is 0 Å². The zero-order valence-corrected chi connectivity index (χ0v) is 21.3. The number of benzene rings is 1. The van der Waals surface area contributed by atoms with Crippen molar-refractivity contribution in [2.45, 2.75) is 70.2 Å². The SMILES string of the molecule is CCc1cc(CNC(C)=O)c(O)c(C)c1C[C@@]1(N)C[C@H]2CC(O)C(C(N)=S)C(=O)[C@@]2(O)C(=O)C1=CO. The molecule has 0 radical (unpaired) electrons. The molecule has 1 amide bonds. The van der Waals surface area contributed by atoms with Crippen molar-refractivity contribution in [2.24, 2.45) is 23.3 Å². The Labute approximate surface area is 214 Å². The molecule has 2 unspecified atom stereocenters. The fraction of sp³-hybridized carbons (Fsp3) is 0.520. The molecule has 9 N–H and O–H groups in total. The molecule has 0 saturated heterocycles. The number of phenols is 1. The minimum absolute atomic E-state index is 0.00368. The molecule has 10 nitrogen and oxygen atoms in total. The smallest absolute Gasteiger partial charge is 0.217 e. The van der Waals surface area contributed by atoms with Crippen molar-refractivity contribution in [3.05, 3.63) is 40.2 Å². The van der Waals surface area contributed by atoms with Gasteiger partial charge in [0.15, 0.2) is 11.4 Å². The van der Waals surface area contributed by atoms with Crippen molar-refractivity contribution < 1.29 is 34.8 Å². The zero-order valence-electron chi connectivity index (χ0n) is 20.5. The van der Waals surface area contributed by atoms with E-state index in [1.165, 1.54) is 6.92 Å². The maximum Gasteiger partial charge on any atom is 0.217 e. The number of phenolic OH excluding ortho intramolecular Hbond substituents is 1. The van der Waals surface area contributed by atoms with Crippen LogP contribution in [0.3, 0.4) is 0 Å². The molecular formula is C25H33N3O7S. The number of rotatable bonds is 6. The third kappa shape index (κ3) is 4.40. The number of carbonyl (C=O) groups is 3. The lowest BCUT2D eigenvalue weighted by Gasteiger charge is -2.51. The van der Waals surface area contributed by atoms with E-state index in [4.69, 9.17) is 23.7 Å². The van der Waals surface area contributed by atoms with E-state index in [2.05, 4.69) is 5.32 Å². The number of aryl methyl sites for hydroxylation is 1.